The van der Waals surface area contributed by atoms with E-state index in [0.717, 1.165) is 25.7 Å². The molecule has 4 nitrogen and oxygen atoms in total. The van der Waals surface area contributed by atoms with E-state index in [2.05, 4.69) is 27.0 Å². The third-order valence-corrected chi connectivity index (χ3v) is 9.99. The Balaban J connectivity index is -0.000000841. The molecule has 0 saturated heterocycles. The Morgan fingerprint density at radius 3 is 0.520 bits per heavy atom. The topological polar surface area (TPSA) is 74.6 Å². The van der Waals surface area contributed by atoms with Crippen LogP contribution in [0, 0.1) is 0 Å². The Labute approximate surface area is 314 Å². The molecule has 0 aliphatic rings. The number of carboxylic acids is 2. The van der Waals surface area contributed by atoms with Crippen LogP contribution in [0.15, 0.2) is 13.2 Å². The molecule has 50 heavy (non-hydrogen) atoms. The minimum atomic E-state index is -0.651. The first-order valence-corrected chi connectivity index (χ1v) is 22.5. The fourth-order valence-electron chi connectivity index (χ4n) is 6.71. The lowest BCUT2D eigenvalue weighted by Gasteiger charge is -2.03. The molecule has 0 fully saturated rings. The third kappa shape index (κ3) is 58.9. The quantitative estimate of drug-likeness (QED) is 0.0491. The SMILES string of the molecule is C=C.CCCCCCCCCCCCCCCCCCCCCC(=O)O.CCCCCCCCCCCCCCCCCCCCCC(=O)O. The van der Waals surface area contributed by atoms with Crippen LogP contribution in [0.3, 0.4) is 0 Å². The first-order valence-electron chi connectivity index (χ1n) is 22.5. The van der Waals surface area contributed by atoms with E-state index in [-0.39, 0.29) is 0 Å². The van der Waals surface area contributed by atoms with E-state index in [1.807, 2.05) is 0 Å². The van der Waals surface area contributed by atoms with Crippen molar-refractivity contribution in [2.75, 3.05) is 0 Å². The van der Waals surface area contributed by atoms with Gasteiger partial charge < -0.3 is 10.2 Å². The summed E-state index contributed by atoms with van der Waals surface area (Å²) in [6.45, 7) is 10.6. The average molecular weight is 709 g/mol. The zero-order valence-corrected chi connectivity index (χ0v) is 34.4. The third-order valence-electron chi connectivity index (χ3n) is 9.99. The van der Waals surface area contributed by atoms with E-state index in [4.69, 9.17) is 10.2 Å². The highest BCUT2D eigenvalue weighted by Gasteiger charge is 1.99. The fraction of sp³-hybridized carbons (Fsp3) is 0.913. The summed E-state index contributed by atoms with van der Waals surface area (Å²) in [5.74, 6) is -1.30. The number of rotatable bonds is 40. The van der Waals surface area contributed by atoms with Crippen molar-refractivity contribution in [3.8, 4) is 0 Å². The number of hydrogen-bond acceptors (Lipinski definition) is 2. The maximum Gasteiger partial charge on any atom is 0.303 e. The highest BCUT2D eigenvalue weighted by Crippen LogP contribution is 2.16. The summed E-state index contributed by atoms with van der Waals surface area (Å²) in [5.41, 5.74) is 0. The van der Waals surface area contributed by atoms with Crippen molar-refractivity contribution in [1.29, 1.82) is 0 Å². The number of hydrogen-bond donors (Lipinski definition) is 2. The first kappa shape index (κ1) is 53.0. The van der Waals surface area contributed by atoms with Crippen LogP contribution in [-0.4, -0.2) is 22.2 Å². The van der Waals surface area contributed by atoms with Gasteiger partial charge in [-0.2, -0.15) is 0 Å². The van der Waals surface area contributed by atoms with Gasteiger partial charge in [-0.1, -0.05) is 245 Å². The molecule has 0 aromatic carbocycles. The second-order valence-electron chi connectivity index (χ2n) is 15.0. The highest BCUT2D eigenvalue weighted by molar-refractivity contribution is 5.66. The first-order chi connectivity index (χ1) is 24.5. The molecule has 0 aliphatic heterocycles. The summed E-state index contributed by atoms with van der Waals surface area (Å²) in [6, 6.07) is 0. The maximum absolute atomic E-state index is 10.4. The van der Waals surface area contributed by atoms with Gasteiger partial charge in [-0.3, -0.25) is 9.59 Å². The minimum absolute atomic E-state index is 0.346. The number of aliphatic carboxylic acids is 2. The van der Waals surface area contributed by atoms with Gasteiger partial charge in [0.2, 0.25) is 0 Å². The van der Waals surface area contributed by atoms with Gasteiger partial charge in [0.15, 0.2) is 0 Å². The zero-order valence-electron chi connectivity index (χ0n) is 34.4. The van der Waals surface area contributed by atoms with Crippen molar-refractivity contribution in [2.45, 2.75) is 271 Å². The van der Waals surface area contributed by atoms with Gasteiger partial charge in [-0.05, 0) is 12.8 Å². The van der Waals surface area contributed by atoms with Gasteiger partial charge >= 0.3 is 11.9 Å². The monoisotopic (exact) mass is 709 g/mol. The summed E-state index contributed by atoms with van der Waals surface area (Å²) in [4.78, 5) is 20.8. The Morgan fingerprint density at radius 2 is 0.400 bits per heavy atom. The van der Waals surface area contributed by atoms with Crippen molar-refractivity contribution in [3.63, 3.8) is 0 Å². The molecule has 0 radical (unpaired) electrons. The molecule has 0 atom stereocenters. The number of unbranched alkanes of at least 4 members (excludes halogenated alkanes) is 36. The zero-order chi connectivity index (χ0) is 37.4. The Hall–Kier alpha value is -1.32. The van der Waals surface area contributed by atoms with Gasteiger partial charge in [-0.15, -0.1) is 13.2 Å². The summed E-state index contributed by atoms with van der Waals surface area (Å²) in [5, 5.41) is 17.1. The van der Waals surface area contributed by atoms with Crippen LogP contribution >= 0.6 is 0 Å². The molecule has 0 bridgehead atoms. The molecule has 0 spiro atoms. The van der Waals surface area contributed by atoms with Crippen LogP contribution < -0.4 is 0 Å². The molecule has 0 heterocycles. The highest BCUT2D eigenvalue weighted by atomic mass is 16.4. The fourth-order valence-corrected chi connectivity index (χ4v) is 6.71. The van der Waals surface area contributed by atoms with Crippen molar-refractivity contribution < 1.29 is 19.8 Å². The van der Waals surface area contributed by atoms with Crippen molar-refractivity contribution in [2.24, 2.45) is 0 Å². The molecule has 0 aliphatic carbocycles. The van der Waals surface area contributed by atoms with E-state index < -0.39 is 11.9 Å². The van der Waals surface area contributed by atoms with E-state index in [1.165, 1.54) is 218 Å². The molecular formula is C46H92O4. The van der Waals surface area contributed by atoms with Gasteiger partial charge in [0, 0.05) is 12.8 Å². The lowest BCUT2D eigenvalue weighted by molar-refractivity contribution is -0.138. The van der Waals surface area contributed by atoms with Gasteiger partial charge in [-0.25, -0.2) is 0 Å². The van der Waals surface area contributed by atoms with Crippen LogP contribution in [-0.2, 0) is 9.59 Å². The molecule has 300 valence electrons. The van der Waals surface area contributed by atoms with E-state index >= 15 is 0 Å². The van der Waals surface area contributed by atoms with Crippen molar-refractivity contribution in [1.82, 2.24) is 0 Å². The van der Waals surface area contributed by atoms with Gasteiger partial charge in [0.1, 0.15) is 0 Å². The number of carbonyl (C=O) groups is 2. The lowest BCUT2D eigenvalue weighted by atomic mass is 10.0. The average Bonchev–Trinajstić information content (AvgIpc) is 3.11. The summed E-state index contributed by atoms with van der Waals surface area (Å²) in [7, 11) is 0. The molecule has 0 aromatic heterocycles. The summed E-state index contributed by atoms with van der Waals surface area (Å²) >= 11 is 0. The van der Waals surface area contributed by atoms with Crippen molar-refractivity contribution >= 4 is 11.9 Å². The van der Waals surface area contributed by atoms with Gasteiger partial charge in [0.25, 0.3) is 0 Å². The molecule has 0 rings (SSSR count). The molecule has 0 saturated carbocycles. The molecule has 0 aromatic rings. The molecule has 2 N–H and O–H groups in total. The normalized spacial score (nSPS) is 10.7. The standard InChI is InChI=1S/2C22H44O2.C2H4/c2*1-2-3-4-5-6-7-8-9-10-11-12-13-14-15-16-17-18-19-20-21-22(23)24;1-2/h2*2-21H2,1H3,(H,23,24);1-2H2. The van der Waals surface area contributed by atoms with Crippen LogP contribution in [0.25, 0.3) is 0 Å². The number of carboxylic acid groups (broad SMARTS) is 2. The lowest BCUT2D eigenvalue weighted by Crippen LogP contribution is -1.93. The maximum atomic E-state index is 10.4. The van der Waals surface area contributed by atoms with E-state index in [1.54, 1.807) is 0 Å². The molecule has 0 amide bonds. The minimum Gasteiger partial charge on any atom is -0.481 e. The van der Waals surface area contributed by atoms with E-state index in [0.29, 0.717) is 12.8 Å². The van der Waals surface area contributed by atoms with E-state index in [9.17, 15) is 9.59 Å². The van der Waals surface area contributed by atoms with Crippen LogP contribution in [0.4, 0.5) is 0 Å². The van der Waals surface area contributed by atoms with Crippen LogP contribution in [0.1, 0.15) is 271 Å². The van der Waals surface area contributed by atoms with Crippen LogP contribution in [0.5, 0.6) is 0 Å². The molecule has 4 heteroatoms. The largest absolute Gasteiger partial charge is 0.481 e. The van der Waals surface area contributed by atoms with Crippen molar-refractivity contribution in [3.05, 3.63) is 13.2 Å². The van der Waals surface area contributed by atoms with Crippen LogP contribution in [0.2, 0.25) is 0 Å². The second kappa shape index (κ2) is 52.0. The molecular weight excluding hydrogens is 617 g/mol. The molecule has 0 unspecified atom stereocenters. The smallest absolute Gasteiger partial charge is 0.303 e. The summed E-state index contributed by atoms with van der Waals surface area (Å²) < 4.78 is 0. The second-order valence-corrected chi connectivity index (χ2v) is 15.0. The van der Waals surface area contributed by atoms with Gasteiger partial charge in [0.05, 0.1) is 0 Å². The predicted molar refractivity (Wildman–Crippen MR) is 223 cm³/mol. The summed E-state index contributed by atoms with van der Waals surface area (Å²) in [6.07, 6.45) is 52.2. The Bertz CT molecular complexity index is 567. The Morgan fingerprint density at radius 1 is 0.280 bits per heavy atom. The Kier molecular flexibility index (Phi) is 55.2. The predicted octanol–water partition coefficient (Wildman–Crippen LogP) is 16.6.